The molecule has 2 N–H and O–H groups in total. The second-order valence-electron chi connectivity index (χ2n) is 9.01. The molecule has 4 rings (SSSR count). The minimum atomic E-state index is -0.248. The molecule has 1 saturated carbocycles. The number of anilines is 1. The Morgan fingerprint density at radius 1 is 1.09 bits per heavy atom. The lowest BCUT2D eigenvalue weighted by atomic mass is 9.84. The first-order valence-electron chi connectivity index (χ1n) is 12.2. The van der Waals surface area contributed by atoms with Gasteiger partial charge in [-0.05, 0) is 79.6 Å². The van der Waals surface area contributed by atoms with Crippen molar-refractivity contribution in [2.45, 2.75) is 58.4 Å². The lowest BCUT2D eigenvalue weighted by molar-refractivity contribution is 0.251. The molecule has 0 unspecified atom stereocenters. The maximum Gasteiger partial charge on any atom is 0.319 e. The number of urea groups is 1. The van der Waals surface area contributed by atoms with E-state index in [4.69, 9.17) is 5.26 Å². The summed E-state index contributed by atoms with van der Waals surface area (Å²) in [6.07, 6.45) is 8.48. The fraction of sp³-hybridized carbons (Fsp3) is 0.300. The van der Waals surface area contributed by atoms with E-state index in [9.17, 15) is 4.79 Å². The highest BCUT2D eigenvalue weighted by Gasteiger charge is 2.14. The van der Waals surface area contributed by atoms with E-state index < -0.39 is 0 Å². The summed E-state index contributed by atoms with van der Waals surface area (Å²) in [6, 6.07) is 21.5. The van der Waals surface area contributed by atoms with E-state index in [0.29, 0.717) is 6.54 Å². The smallest absolute Gasteiger partial charge is 0.319 e. The third kappa shape index (κ3) is 8.12. The first-order chi connectivity index (χ1) is 17.0. The van der Waals surface area contributed by atoms with Gasteiger partial charge >= 0.3 is 6.03 Å². The largest absolute Gasteiger partial charge is 0.332 e. The van der Waals surface area contributed by atoms with E-state index in [1.807, 2.05) is 62.4 Å². The van der Waals surface area contributed by atoms with Crippen LogP contribution in [0.5, 0.6) is 0 Å². The van der Waals surface area contributed by atoms with Gasteiger partial charge in [-0.25, -0.2) is 4.79 Å². The number of pyridine rings is 1. The molecular formula is C30H34N4O. The van der Waals surface area contributed by atoms with Gasteiger partial charge in [-0.2, -0.15) is 5.26 Å². The zero-order valence-corrected chi connectivity index (χ0v) is 20.7. The Morgan fingerprint density at radius 3 is 2.46 bits per heavy atom. The third-order valence-electron chi connectivity index (χ3n) is 6.25. The summed E-state index contributed by atoms with van der Waals surface area (Å²) >= 11 is 0. The van der Waals surface area contributed by atoms with Crippen LogP contribution in [0.2, 0.25) is 0 Å². The number of rotatable bonds is 5. The average molecular weight is 467 g/mol. The molecule has 2 amide bonds. The summed E-state index contributed by atoms with van der Waals surface area (Å²) in [7, 11) is 0. The number of benzene rings is 2. The highest BCUT2D eigenvalue weighted by atomic mass is 16.2. The van der Waals surface area contributed by atoms with Crippen molar-refractivity contribution in [3.8, 4) is 6.07 Å². The molecule has 2 aromatic carbocycles. The van der Waals surface area contributed by atoms with Crippen LogP contribution in [-0.4, -0.2) is 11.0 Å². The number of nitrogens with zero attached hydrogens (tertiary/aromatic N) is 2. The first-order valence-corrected chi connectivity index (χ1v) is 12.2. The molecule has 0 bridgehead atoms. The SMILES string of the molecule is C=C(C)c1ccc(C)c(NC(=O)NCc2ccccn2)c1.N#Cc1ccc(C2CCCCC2)cc1. The molecule has 1 aliphatic carbocycles. The highest BCUT2D eigenvalue weighted by Crippen LogP contribution is 2.32. The lowest BCUT2D eigenvalue weighted by Crippen LogP contribution is -2.28. The van der Waals surface area contributed by atoms with E-state index in [0.717, 1.165) is 39.6 Å². The molecule has 0 aliphatic heterocycles. The Bertz CT molecular complexity index is 1160. The highest BCUT2D eigenvalue weighted by molar-refractivity contribution is 5.90. The molecule has 1 aromatic heterocycles. The van der Waals surface area contributed by atoms with Crippen LogP contribution in [0.15, 0.2) is 73.4 Å². The number of nitrogens with one attached hydrogen (secondary N) is 2. The quantitative estimate of drug-likeness (QED) is 0.412. The van der Waals surface area contributed by atoms with Crippen LogP contribution in [-0.2, 0) is 6.54 Å². The molecule has 1 aliphatic rings. The van der Waals surface area contributed by atoms with Crippen LogP contribution in [0.25, 0.3) is 5.57 Å². The number of carbonyl (C=O) groups is 1. The van der Waals surface area contributed by atoms with Crippen molar-refractivity contribution in [3.63, 3.8) is 0 Å². The molecule has 1 heterocycles. The molecule has 5 nitrogen and oxygen atoms in total. The molecule has 0 atom stereocenters. The maximum absolute atomic E-state index is 11.9. The van der Waals surface area contributed by atoms with E-state index in [1.165, 1.54) is 37.7 Å². The third-order valence-corrected chi connectivity index (χ3v) is 6.25. The summed E-state index contributed by atoms with van der Waals surface area (Å²) in [5.74, 6) is 0.747. The average Bonchev–Trinajstić information content (AvgIpc) is 2.90. The summed E-state index contributed by atoms with van der Waals surface area (Å²) in [5.41, 5.74) is 6.78. The summed E-state index contributed by atoms with van der Waals surface area (Å²) in [4.78, 5) is 16.1. The van der Waals surface area contributed by atoms with Gasteiger partial charge < -0.3 is 10.6 Å². The second kappa shape index (κ2) is 13.1. The van der Waals surface area contributed by atoms with Crippen molar-refractivity contribution in [1.29, 1.82) is 5.26 Å². The first kappa shape index (κ1) is 25.7. The van der Waals surface area contributed by atoms with Gasteiger partial charge in [-0.3, -0.25) is 4.98 Å². The molecule has 0 spiro atoms. The summed E-state index contributed by atoms with van der Waals surface area (Å²) in [5, 5.41) is 14.3. The van der Waals surface area contributed by atoms with Crippen LogP contribution in [0, 0.1) is 18.3 Å². The van der Waals surface area contributed by atoms with Gasteiger partial charge in [0, 0.05) is 11.9 Å². The van der Waals surface area contributed by atoms with Crippen molar-refractivity contribution >= 4 is 17.3 Å². The molecule has 180 valence electrons. The Balaban J connectivity index is 0.000000211. The minimum absolute atomic E-state index is 0.248. The van der Waals surface area contributed by atoms with Crippen LogP contribution < -0.4 is 10.6 Å². The fourth-order valence-corrected chi connectivity index (χ4v) is 4.13. The Labute approximate surface area is 208 Å². The van der Waals surface area contributed by atoms with Gasteiger partial charge in [0.15, 0.2) is 0 Å². The van der Waals surface area contributed by atoms with Gasteiger partial charge in [0.1, 0.15) is 0 Å². The van der Waals surface area contributed by atoms with Crippen LogP contribution in [0.1, 0.15) is 72.9 Å². The van der Waals surface area contributed by atoms with E-state index in [2.05, 4.69) is 40.4 Å². The topological polar surface area (TPSA) is 77.8 Å². The molecule has 3 aromatic rings. The normalized spacial score (nSPS) is 13.1. The lowest BCUT2D eigenvalue weighted by Gasteiger charge is -2.21. The predicted octanol–water partition coefficient (Wildman–Crippen LogP) is 7.35. The zero-order chi connectivity index (χ0) is 25.0. The standard InChI is InChI=1S/C17H19N3O.C13H15N/c1-12(2)14-8-7-13(3)16(10-14)20-17(21)19-11-15-6-4-5-9-18-15;14-10-11-6-8-13(9-7-11)12-4-2-1-3-5-12/h4-10H,1,11H2,2-3H3,(H2,19,20,21);6-9,12H,1-5H2. The maximum atomic E-state index is 11.9. The molecule has 5 heteroatoms. The van der Waals surface area contributed by atoms with E-state index in [-0.39, 0.29) is 6.03 Å². The van der Waals surface area contributed by atoms with Crippen LogP contribution in [0.4, 0.5) is 10.5 Å². The van der Waals surface area contributed by atoms with E-state index >= 15 is 0 Å². The predicted molar refractivity (Wildman–Crippen MR) is 143 cm³/mol. The number of nitriles is 1. The summed E-state index contributed by atoms with van der Waals surface area (Å²) in [6.45, 7) is 8.20. The summed E-state index contributed by atoms with van der Waals surface area (Å²) < 4.78 is 0. The number of aryl methyl sites for hydroxylation is 1. The van der Waals surface area contributed by atoms with Crippen LogP contribution in [0.3, 0.4) is 0 Å². The van der Waals surface area contributed by atoms with Crippen molar-refractivity contribution in [2.24, 2.45) is 0 Å². The van der Waals surface area contributed by atoms with Gasteiger partial charge in [0.05, 0.1) is 23.9 Å². The number of allylic oxidation sites excluding steroid dienone is 1. The monoisotopic (exact) mass is 466 g/mol. The van der Waals surface area contributed by atoms with Gasteiger partial charge in [0.2, 0.25) is 0 Å². The Kier molecular flexibility index (Phi) is 9.62. The van der Waals surface area contributed by atoms with Crippen molar-refractivity contribution in [2.75, 3.05) is 5.32 Å². The fourth-order valence-electron chi connectivity index (χ4n) is 4.13. The number of carbonyl (C=O) groups excluding carboxylic acids is 1. The Morgan fingerprint density at radius 2 is 1.83 bits per heavy atom. The number of aromatic nitrogens is 1. The number of hydrogen-bond acceptors (Lipinski definition) is 3. The second-order valence-corrected chi connectivity index (χ2v) is 9.01. The van der Waals surface area contributed by atoms with Crippen molar-refractivity contribution in [1.82, 2.24) is 10.3 Å². The van der Waals surface area contributed by atoms with Crippen LogP contribution >= 0.6 is 0 Å². The van der Waals surface area contributed by atoms with Gasteiger partial charge in [-0.15, -0.1) is 0 Å². The minimum Gasteiger partial charge on any atom is -0.332 e. The molecule has 0 radical (unpaired) electrons. The number of amides is 2. The number of hydrogen-bond donors (Lipinski definition) is 2. The molecule has 0 saturated heterocycles. The van der Waals surface area contributed by atoms with E-state index in [1.54, 1.807) is 6.20 Å². The van der Waals surface area contributed by atoms with Crippen molar-refractivity contribution < 1.29 is 4.79 Å². The van der Waals surface area contributed by atoms with Gasteiger partial charge in [-0.1, -0.05) is 61.7 Å². The molecule has 1 fully saturated rings. The zero-order valence-electron chi connectivity index (χ0n) is 20.7. The Hall–Kier alpha value is -3.91. The van der Waals surface area contributed by atoms with Gasteiger partial charge in [0.25, 0.3) is 0 Å². The van der Waals surface area contributed by atoms with Crippen molar-refractivity contribution in [3.05, 3.63) is 101 Å². The molecule has 35 heavy (non-hydrogen) atoms. The molecular weight excluding hydrogens is 432 g/mol.